The second-order valence-corrected chi connectivity index (χ2v) is 18.5. The smallest absolute Gasteiger partial charge is 0.0572 e. The fraction of sp³-hybridized carbons (Fsp3) is 0.657. The normalized spacial score (nSPS) is 37.7. The first-order valence-corrected chi connectivity index (χ1v) is 18.7. The summed E-state index contributed by atoms with van der Waals surface area (Å²) in [7, 11) is -1.38. The molecule has 0 heterocycles. The summed E-state index contributed by atoms with van der Waals surface area (Å²) in [5, 5.41) is 0. The number of hydrogen-bond donors (Lipinski definition) is 0. The molecule has 4 aliphatic carbocycles. The van der Waals surface area contributed by atoms with Crippen LogP contribution in [0.3, 0.4) is 0 Å². The lowest BCUT2D eigenvalue weighted by Crippen LogP contribution is -2.46. The average Bonchev–Trinajstić information content (AvgIpc) is 3.58. The molecule has 194 valence electrons. The topological polar surface area (TPSA) is 0 Å². The van der Waals surface area contributed by atoms with Gasteiger partial charge in [-0.05, 0) is 83.4 Å². The van der Waals surface area contributed by atoms with Gasteiger partial charge in [0.2, 0.25) is 0 Å². The van der Waals surface area contributed by atoms with Gasteiger partial charge in [-0.2, -0.15) is 0 Å². The van der Waals surface area contributed by atoms with Crippen molar-refractivity contribution in [1.82, 2.24) is 0 Å². The molecule has 0 amide bonds. The summed E-state index contributed by atoms with van der Waals surface area (Å²) in [6.07, 6.45) is 18.0. The molecule has 0 N–H and O–H groups in total. The van der Waals surface area contributed by atoms with Crippen LogP contribution in [0.2, 0.25) is 23.7 Å². The van der Waals surface area contributed by atoms with E-state index in [1.165, 1.54) is 51.4 Å². The van der Waals surface area contributed by atoms with Crippen LogP contribution in [-0.4, -0.2) is 8.07 Å². The highest BCUT2D eigenvalue weighted by Gasteiger charge is 2.57. The van der Waals surface area contributed by atoms with Gasteiger partial charge in [0.15, 0.2) is 0 Å². The Bertz CT molecular complexity index is 893. The molecule has 0 saturated heterocycles. The van der Waals surface area contributed by atoms with Crippen LogP contribution in [0.4, 0.5) is 0 Å². The molecular formula is C35H50Si. The zero-order valence-electron chi connectivity index (χ0n) is 23.1. The van der Waals surface area contributed by atoms with E-state index in [9.17, 15) is 0 Å². The van der Waals surface area contributed by atoms with Crippen LogP contribution in [0.25, 0.3) is 0 Å². The molecule has 4 aliphatic rings. The molecule has 8 atom stereocenters. The predicted octanol–water partition coefficient (Wildman–Crippen LogP) is 10.6. The standard InChI is InChI=1S/C35H50Si/c1-3-4-25-36(2,34-23-21-30-28(17-11-19-32(30)34)26-13-7-5-8-14-26)35-24-22-31-29(18-12-20-33(31)35)27-15-9-6-10-16-27/h5-10,13-16,28-35H,3-4,11-12,17-25H2,1-2H3. The highest BCUT2D eigenvalue weighted by Crippen LogP contribution is 2.65. The summed E-state index contributed by atoms with van der Waals surface area (Å²) in [5.41, 5.74) is 5.51. The van der Waals surface area contributed by atoms with Crippen LogP contribution in [0.1, 0.15) is 107 Å². The summed E-state index contributed by atoms with van der Waals surface area (Å²) in [6, 6.07) is 25.0. The van der Waals surface area contributed by atoms with Gasteiger partial charge in [-0.3, -0.25) is 0 Å². The van der Waals surface area contributed by atoms with E-state index in [-0.39, 0.29) is 0 Å². The van der Waals surface area contributed by atoms with Crippen molar-refractivity contribution in [1.29, 1.82) is 0 Å². The van der Waals surface area contributed by atoms with Crippen molar-refractivity contribution in [2.24, 2.45) is 23.7 Å². The lowest BCUT2D eigenvalue weighted by atomic mass is 9.71. The molecule has 0 radical (unpaired) electrons. The minimum absolute atomic E-state index is 0.841. The quantitative estimate of drug-likeness (QED) is 0.333. The third-order valence-corrected chi connectivity index (χ3v) is 18.4. The molecule has 8 unspecified atom stereocenters. The molecule has 0 aliphatic heterocycles. The lowest BCUT2D eigenvalue weighted by molar-refractivity contribution is 0.226. The maximum absolute atomic E-state index is 2.96. The Labute approximate surface area is 222 Å². The largest absolute Gasteiger partial charge is 0.0687 e. The van der Waals surface area contributed by atoms with Gasteiger partial charge in [-0.25, -0.2) is 0 Å². The van der Waals surface area contributed by atoms with Crippen molar-refractivity contribution in [2.75, 3.05) is 0 Å². The molecular weight excluding hydrogens is 448 g/mol. The van der Waals surface area contributed by atoms with Gasteiger partial charge in [0.1, 0.15) is 0 Å². The zero-order chi connectivity index (χ0) is 24.5. The average molecular weight is 499 g/mol. The van der Waals surface area contributed by atoms with Crippen molar-refractivity contribution in [3.05, 3.63) is 71.8 Å². The summed E-state index contributed by atoms with van der Waals surface area (Å²) in [4.78, 5) is 0. The summed E-state index contributed by atoms with van der Waals surface area (Å²) >= 11 is 0. The van der Waals surface area contributed by atoms with Gasteiger partial charge in [-0.1, -0.05) is 132 Å². The van der Waals surface area contributed by atoms with Crippen LogP contribution < -0.4 is 0 Å². The van der Waals surface area contributed by atoms with Crippen LogP contribution in [0.5, 0.6) is 0 Å². The molecule has 0 aromatic heterocycles. The van der Waals surface area contributed by atoms with Gasteiger partial charge in [0.25, 0.3) is 0 Å². The van der Waals surface area contributed by atoms with Crippen molar-refractivity contribution in [3.63, 3.8) is 0 Å². The van der Waals surface area contributed by atoms with Gasteiger partial charge < -0.3 is 0 Å². The van der Waals surface area contributed by atoms with E-state index in [4.69, 9.17) is 0 Å². The Morgan fingerprint density at radius 2 is 1.06 bits per heavy atom. The molecule has 0 spiro atoms. The summed E-state index contributed by atoms with van der Waals surface area (Å²) < 4.78 is 0. The number of hydrogen-bond acceptors (Lipinski definition) is 0. The maximum atomic E-state index is 2.96. The number of fused-ring (bicyclic) bond motifs is 2. The van der Waals surface area contributed by atoms with Crippen LogP contribution in [-0.2, 0) is 0 Å². The first-order valence-electron chi connectivity index (χ1n) is 15.8. The Hall–Kier alpha value is -1.34. The molecule has 4 saturated carbocycles. The second kappa shape index (κ2) is 10.8. The Kier molecular flexibility index (Phi) is 7.49. The Morgan fingerprint density at radius 1 is 0.583 bits per heavy atom. The van der Waals surface area contributed by atoms with E-state index < -0.39 is 8.07 Å². The minimum atomic E-state index is -1.38. The van der Waals surface area contributed by atoms with E-state index in [1.54, 1.807) is 42.9 Å². The van der Waals surface area contributed by atoms with Gasteiger partial charge in [0.05, 0.1) is 8.07 Å². The molecule has 0 nitrogen and oxygen atoms in total. The van der Waals surface area contributed by atoms with Crippen molar-refractivity contribution < 1.29 is 0 Å². The molecule has 0 bridgehead atoms. The molecule has 6 rings (SSSR count). The van der Waals surface area contributed by atoms with Crippen LogP contribution >= 0.6 is 0 Å². The van der Waals surface area contributed by atoms with E-state index in [0.717, 1.165) is 46.6 Å². The Morgan fingerprint density at radius 3 is 1.50 bits per heavy atom. The SMILES string of the molecule is CCCC[Si](C)(C1CCC2C(c3ccccc3)CCCC21)C1CCC2C(c3ccccc3)CCCC21. The fourth-order valence-corrected chi connectivity index (χ4v) is 17.5. The minimum Gasteiger partial charge on any atom is -0.0687 e. The monoisotopic (exact) mass is 498 g/mol. The first kappa shape index (κ1) is 25.0. The van der Waals surface area contributed by atoms with Gasteiger partial charge in [0, 0.05) is 0 Å². The van der Waals surface area contributed by atoms with Crippen molar-refractivity contribution in [2.45, 2.75) is 119 Å². The Balaban J connectivity index is 1.27. The van der Waals surface area contributed by atoms with Gasteiger partial charge in [-0.15, -0.1) is 0 Å². The van der Waals surface area contributed by atoms with Crippen LogP contribution in [0, 0.1) is 23.7 Å². The molecule has 2 aromatic carbocycles. The maximum Gasteiger partial charge on any atom is 0.0572 e. The highest BCUT2D eigenvalue weighted by molar-refractivity contribution is 6.81. The highest BCUT2D eigenvalue weighted by atomic mass is 28.3. The number of unbranched alkanes of at least 4 members (excludes halogenated alkanes) is 1. The van der Waals surface area contributed by atoms with Crippen molar-refractivity contribution in [3.8, 4) is 0 Å². The van der Waals surface area contributed by atoms with E-state index in [2.05, 4.69) is 74.1 Å². The zero-order valence-corrected chi connectivity index (χ0v) is 24.1. The predicted molar refractivity (Wildman–Crippen MR) is 157 cm³/mol. The van der Waals surface area contributed by atoms with Gasteiger partial charge >= 0.3 is 0 Å². The van der Waals surface area contributed by atoms with E-state index >= 15 is 0 Å². The number of benzene rings is 2. The first-order chi connectivity index (χ1) is 17.7. The summed E-state index contributed by atoms with van der Waals surface area (Å²) in [5.74, 6) is 5.69. The third-order valence-electron chi connectivity index (χ3n) is 12.1. The van der Waals surface area contributed by atoms with E-state index in [1.807, 2.05) is 0 Å². The molecule has 4 fully saturated rings. The lowest BCUT2D eigenvalue weighted by Gasteiger charge is -2.49. The molecule has 36 heavy (non-hydrogen) atoms. The fourth-order valence-electron chi connectivity index (χ4n) is 10.7. The third kappa shape index (κ3) is 4.46. The second-order valence-electron chi connectivity index (χ2n) is 13.5. The molecule has 1 heteroatoms. The molecule has 2 aromatic rings. The number of rotatable bonds is 7. The van der Waals surface area contributed by atoms with E-state index in [0.29, 0.717) is 0 Å². The summed E-state index contributed by atoms with van der Waals surface area (Å²) in [6.45, 7) is 5.41. The van der Waals surface area contributed by atoms with Crippen LogP contribution in [0.15, 0.2) is 60.7 Å². The van der Waals surface area contributed by atoms with Crippen molar-refractivity contribution >= 4 is 8.07 Å².